The van der Waals surface area contributed by atoms with E-state index in [2.05, 4.69) is 23.3 Å². The van der Waals surface area contributed by atoms with E-state index in [1.807, 2.05) is 0 Å². The van der Waals surface area contributed by atoms with Crippen LogP contribution in [0.4, 0.5) is 0 Å². The van der Waals surface area contributed by atoms with Gasteiger partial charge in [-0.2, -0.15) is 0 Å². The molecule has 0 aromatic carbocycles. The van der Waals surface area contributed by atoms with Crippen molar-refractivity contribution in [2.75, 3.05) is 0 Å². The number of hydrogen-bond acceptors (Lipinski definition) is 2. The molecule has 0 spiro atoms. The maximum absolute atomic E-state index is 3.67. The van der Waals surface area contributed by atoms with Gasteiger partial charge in [0.25, 0.3) is 0 Å². The van der Waals surface area contributed by atoms with E-state index in [1.54, 1.807) is 0 Å². The quantitative estimate of drug-likeness (QED) is 0.288. The minimum absolute atomic E-state index is 0. The van der Waals surface area contributed by atoms with Crippen LogP contribution in [0.25, 0.3) is 0 Å². The Balaban J connectivity index is -0.00000000167. The molecule has 0 unspecified atom stereocenters. The molecule has 0 aromatic rings. The first kappa shape index (κ1) is 24.9. The second kappa shape index (κ2) is 29.1. The topological polar surface area (TPSA) is 0 Å². The molecule has 0 saturated carbocycles. The van der Waals surface area contributed by atoms with Crippen molar-refractivity contribution in [2.45, 2.75) is 0 Å². The molecule has 0 saturated heterocycles. The molecule has 0 heterocycles. The Kier molecular flexibility index (Phi) is 145. The molecule has 0 rings (SSSR count). The summed E-state index contributed by atoms with van der Waals surface area (Å²) in [5.74, 6) is 0. The molecule has 0 aliphatic carbocycles. The van der Waals surface area contributed by atoms with Crippen LogP contribution in [0.5, 0.6) is 0 Å². The Morgan fingerprint density at radius 3 is 0.800 bits per heavy atom. The Hall–Kier alpha value is 2.82. The van der Waals surface area contributed by atoms with Gasteiger partial charge in [0.1, 0.15) is 0 Å². The summed E-state index contributed by atoms with van der Waals surface area (Å²) in [4.78, 5) is 0. The van der Waals surface area contributed by atoms with Gasteiger partial charge in [0.15, 0.2) is 0 Å². The van der Waals surface area contributed by atoms with Crippen molar-refractivity contribution in [1.29, 1.82) is 0 Å². The van der Waals surface area contributed by atoms with Crippen LogP contribution in [-0.2, 0) is 87.8 Å². The molecular weight excluding hydrogens is 453 g/mol. The zero-order valence-corrected chi connectivity index (χ0v) is 9.75. The van der Waals surface area contributed by atoms with Gasteiger partial charge in [-0.15, -0.1) is 0 Å². The molecule has 0 N–H and O–H groups in total. The zero-order chi connectivity index (χ0) is 2.00. The second-order valence-electron chi connectivity index (χ2n) is 0. The first-order chi connectivity index (χ1) is 1.00. The Labute approximate surface area is 86.5 Å². The number of rotatable bonds is 0. The molecule has 0 atom stereocenters. The van der Waals surface area contributed by atoms with Crippen LogP contribution in [-0.4, -0.2) is 0 Å². The Bertz CT molecular complexity index is 7.61. The third-order valence-electron chi connectivity index (χ3n) is 0. The maximum Gasteiger partial charge on any atom is 0 e. The molecule has 5 heavy (non-hydrogen) atoms. The van der Waals surface area contributed by atoms with Crippen LogP contribution in [0.3, 0.4) is 0 Å². The third kappa shape index (κ3) is 19.9. The summed E-state index contributed by atoms with van der Waals surface area (Å²) >= 11 is 7.33. The van der Waals surface area contributed by atoms with Crippen molar-refractivity contribution < 1.29 is 64.5 Å². The van der Waals surface area contributed by atoms with E-state index in [1.165, 1.54) is 0 Å². The standard InChI is InChI=1S/Au.2Mo.S2/c;;;1-2/q;;;-2. The first-order valence-electron chi connectivity index (χ1n) is 0.167. The summed E-state index contributed by atoms with van der Waals surface area (Å²) in [5.41, 5.74) is 0. The van der Waals surface area contributed by atoms with Gasteiger partial charge in [-0.05, 0) is 0 Å². The van der Waals surface area contributed by atoms with Crippen molar-refractivity contribution in [3.8, 4) is 0 Å². The third-order valence-corrected chi connectivity index (χ3v) is 0. The van der Waals surface area contributed by atoms with E-state index < -0.39 is 0 Å². The van der Waals surface area contributed by atoms with Crippen LogP contribution in [0.1, 0.15) is 0 Å². The van der Waals surface area contributed by atoms with E-state index in [0.717, 1.165) is 0 Å². The molecule has 0 amide bonds. The minimum atomic E-state index is 0. The maximum atomic E-state index is 3.67. The van der Waals surface area contributed by atoms with E-state index in [-0.39, 0.29) is 64.5 Å². The average molecular weight is 453 g/mol. The molecular formula is AuMo2S2-2. The van der Waals surface area contributed by atoms with Crippen LogP contribution < -0.4 is 0 Å². The van der Waals surface area contributed by atoms with Gasteiger partial charge >= 0.3 is 0 Å². The first-order valence-corrected chi connectivity index (χ1v) is 1.50. The van der Waals surface area contributed by atoms with Crippen LogP contribution in [0, 0.1) is 0 Å². The van der Waals surface area contributed by atoms with Crippen LogP contribution in [0.2, 0.25) is 0 Å². The Morgan fingerprint density at radius 1 is 0.800 bits per heavy atom. The van der Waals surface area contributed by atoms with Gasteiger partial charge in [0, 0.05) is 64.5 Å². The molecule has 5 heteroatoms. The normalized spacial score (nSPS) is 1.20. The smallest absolute Gasteiger partial charge is 0 e. The fourth-order valence-electron chi connectivity index (χ4n) is 0. The second-order valence-corrected chi connectivity index (χ2v) is 0. The molecule has 1 radical (unpaired) electrons. The van der Waals surface area contributed by atoms with Gasteiger partial charge in [-0.25, -0.2) is 0 Å². The van der Waals surface area contributed by atoms with Gasteiger partial charge in [0.05, 0.1) is 0 Å². The molecule has 37 valence electrons. The van der Waals surface area contributed by atoms with Crippen LogP contribution >= 0.6 is 0 Å². The van der Waals surface area contributed by atoms with Gasteiger partial charge in [-0.3, -0.25) is 0 Å². The molecule has 0 aliphatic rings. The van der Waals surface area contributed by atoms with E-state index in [0.29, 0.717) is 0 Å². The molecule has 0 aliphatic heterocycles. The van der Waals surface area contributed by atoms with E-state index in [9.17, 15) is 0 Å². The fourth-order valence-corrected chi connectivity index (χ4v) is 0. The fraction of sp³-hybridized carbons (Fsp3) is 0. The van der Waals surface area contributed by atoms with Crippen molar-refractivity contribution in [1.82, 2.24) is 0 Å². The van der Waals surface area contributed by atoms with Crippen molar-refractivity contribution in [3.63, 3.8) is 0 Å². The monoisotopic (exact) mass is 457 g/mol. The summed E-state index contributed by atoms with van der Waals surface area (Å²) in [6.45, 7) is 0. The van der Waals surface area contributed by atoms with E-state index >= 15 is 0 Å². The average Bonchev–Trinajstić information content (AvgIpc) is 1.00. The predicted octanol–water partition coefficient (Wildman–Crippen LogP) is -0.0123. The molecule has 0 nitrogen and oxygen atoms in total. The number of hydrogen-bond donors (Lipinski definition) is 0. The summed E-state index contributed by atoms with van der Waals surface area (Å²) in [7, 11) is 0. The Morgan fingerprint density at radius 2 is 0.800 bits per heavy atom. The van der Waals surface area contributed by atoms with Crippen LogP contribution in [0.15, 0.2) is 0 Å². The summed E-state index contributed by atoms with van der Waals surface area (Å²) in [6, 6.07) is 0. The zero-order valence-electron chi connectivity index (χ0n) is 1.93. The molecule has 0 fully saturated rings. The van der Waals surface area contributed by atoms with Gasteiger partial charge in [-0.1, -0.05) is 0 Å². The minimum Gasteiger partial charge on any atom is -1.00 e. The predicted molar refractivity (Wildman–Crippen MR) is 14.7 cm³/mol. The summed E-state index contributed by atoms with van der Waals surface area (Å²) < 4.78 is 0. The van der Waals surface area contributed by atoms with Crippen molar-refractivity contribution >= 4 is 23.3 Å². The van der Waals surface area contributed by atoms with Crippen molar-refractivity contribution in [3.05, 3.63) is 0 Å². The molecule has 0 aromatic heterocycles. The van der Waals surface area contributed by atoms with Gasteiger partial charge < -0.3 is 23.3 Å². The molecule has 0 bridgehead atoms. The van der Waals surface area contributed by atoms with Gasteiger partial charge in [0.2, 0.25) is 0 Å². The SMILES string of the molecule is [Au].[Mo].[Mo].[S-][S-]. The van der Waals surface area contributed by atoms with Crippen molar-refractivity contribution in [2.24, 2.45) is 0 Å². The summed E-state index contributed by atoms with van der Waals surface area (Å²) in [5, 5.41) is 0. The summed E-state index contributed by atoms with van der Waals surface area (Å²) in [6.07, 6.45) is 0. The largest absolute Gasteiger partial charge is 1.00 e. The van der Waals surface area contributed by atoms with E-state index in [4.69, 9.17) is 0 Å².